The highest BCUT2D eigenvalue weighted by atomic mass is 35.5. The molecule has 0 heterocycles. The van der Waals surface area contributed by atoms with Crippen molar-refractivity contribution >= 4 is 23.2 Å². The van der Waals surface area contributed by atoms with Crippen molar-refractivity contribution in [2.45, 2.75) is 13.5 Å². The Morgan fingerprint density at radius 3 is 2.61 bits per heavy atom. The van der Waals surface area contributed by atoms with Gasteiger partial charge in [0.15, 0.2) is 0 Å². The van der Waals surface area contributed by atoms with E-state index in [1.165, 1.54) is 19.2 Å². The fourth-order valence-corrected chi connectivity index (χ4v) is 2.20. The van der Waals surface area contributed by atoms with Crippen LogP contribution >= 0.6 is 11.6 Å². The first-order valence-corrected chi connectivity index (χ1v) is 7.46. The lowest BCUT2D eigenvalue weighted by Crippen LogP contribution is -2.27. The summed E-state index contributed by atoms with van der Waals surface area (Å²) in [6.07, 6.45) is 0. The van der Waals surface area contributed by atoms with Crippen LogP contribution in [0, 0.1) is 12.7 Å². The van der Waals surface area contributed by atoms with E-state index < -0.39 is 0 Å². The van der Waals surface area contributed by atoms with E-state index >= 15 is 0 Å². The molecule has 0 aromatic heterocycles. The van der Waals surface area contributed by atoms with Crippen LogP contribution < -0.4 is 15.4 Å². The average Bonchev–Trinajstić information content (AvgIpc) is 2.52. The third-order valence-corrected chi connectivity index (χ3v) is 3.69. The van der Waals surface area contributed by atoms with Gasteiger partial charge in [0, 0.05) is 17.6 Å². The van der Waals surface area contributed by atoms with E-state index in [1.54, 1.807) is 24.3 Å². The van der Waals surface area contributed by atoms with Crippen molar-refractivity contribution in [2.75, 3.05) is 19.0 Å². The van der Waals surface area contributed by atoms with E-state index in [0.29, 0.717) is 23.0 Å². The summed E-state index contributed by atoms with van der Waals surface area (Å²) in [7, 11) is 1.52. The molecule has 0 atom stereocenters. The van der Waals surface area contributed by atoms with Crippen LogP contribution in [0.4, 0.5) is 10.1 Å². The zero-order valence-corrected chi connectivity index (χ0v) is 13.7. The number of hydrogen-bond donors (Lipinski definition) is 2. The van der Waals surface area contributed by atoms with Crippen LogP contribution in [0.15, 0.2) is 36.4 Å². The van der Waals surface area contributed by atoms with Crippen molar-refractivity contribution in [3.05, 3.63) is 58.4 Å². The maximum absolute atomic E-state index is 12.8. The molecule has 122 valence electrons. The van der Waals surface area contributed by atoms with Gasteiger partial charge in [0.05, 0.1) is 19.3 Å². The number of amides is 1. The quantitative estimate of drug-likeness (QED) is 0.848. The molecule has 0 saturated carbocycles. The standard InChI is InChI=1S/C17H18ClFN2O2/c1-11-7-15(16(23-2)8-14(11)18)21-17(22)10-20-9-12-3-5-13(19)6-4-12/h3-8,20H,9-10H2,1-2H3,(H,21,22). The molecule has 0 radical (unpaired) electrons. The van der Waals surface area contributed by atoms with Gasteiger partial charge in [-0.05, 0) is 36.2 Å². The van der Waals surface area contributed by atoms with Gasteiger partial charge in [-0.3, -0.25) is 4.79 Å². The van der Waals surface area contributed by atoms with Crippen molar-refractivity contribution in [3.63, 3.8) is 0 Å². The van der Waals surface area contributed by atoms with Crippen molar-refractivity contribution in [3.8, 4) is 5.75 Å². The van der Waals surface area contributed by atoms with Gasteiger partial charge in [-0.1, -0.05) is 23.7 Å². The molecule has 0 aliphatic heterocycles. The van der Waals surface area contributed by atoms with Gasteiger partial charge in [-0.2, -0.15) is 0 Å². The number of benzene rings is 2. The topological polar surface area (TPSA) is 50.4 Å². The highest BCUT2D eigenvalue weighted by Gasteiger charge is 2.10. The first-order chi connectivity index (χ1) is 11.0. The molecule has 0 aliphatic carbocycles. The van der Waals surface area contributed by atoms with Gasteiger partial charge in [0.2, 0.25) is 5.91 Å². The van der Waals surface area contributed by atoms with Crippen LogP contribution in [-0.2, 0) is 11.3 Å². The summed E-state index contributed by atoms with van der Waals surface area (Å²) in [5, 5.41) is 6.36. The minimum Gasteiger partial charge on any atom is -0.495 e. The monoisotopic (exact) mass is 336 g/mol. The summed E-state index contributed by atoms with van der Waals surface area (Å²) in [4.78, 5) is 12.0. The number of halogens is 2. The van der Waals surface area contributed by atoms with Crippen LogP contribution in [0.5, 0.6) is 5.75 Å². The van der Waals surface area contributed by atoms with E-state index in [-0.39, 0.29) is 18.3 Å². The number of ether oxygens (including phenoxy) is 1. The molecule has 0 fully saturated rings. The smallest absolute Gasteiger partial charge is 0.238 e. The number of carbonyl (C=O) groups is 1. The van der Waals surface area contributed by atoms with Gasteiger partial charge in [-0.25, -0.2) is 4.39 Å². The SMILES string of the molecule is COc1cc(Cl)c(C)cc1NC(=O)CNCc1ccc(F)cc1. The first-order valence-electron chi connectivity index (χ1n) is 7.08. The van der Waals surface area contributed by atoms with Crippen LogP contribution in [0.1, 0.15) is 11.1 Å². The first kappa shape index (κ1) is 17.2. The van der Waals surface area contributed by atoms with Gasteiger partial charge in [-0.15, -0.1) is 0 Å². The summed E-state index contributed by atoms with van der Waals surface area (Å²) >= 11 is 6.03. The highest BCUT2D eigenvalue weighted by Crippen LogP contribution is 2.30. The van der Waals surface area contributed by atoms with Gasteiger partial charge in [0.1, 0.15) is 11.6 Å². The predicted molar refractivity (Wildman–Crippen MR) is 89.5 cm³/mol. The number of rotatable bonds is 6. The molecule has 0 aliphatic rings. The molecule has 0 spiro atoms. The van der Waals surface area contributed by atoms with Gasteiger partial charge < -0.3 is 15.4 Å². The van der Waals surface area contributed by atoms with Gasteiger partial charge >= 0.3 is 0 Å². The third kappa shape index (κ3) is 4.94. The fraction of sp³-hybridized carbons (Fsp3) is 0.235. The number of aryl methyl sites for hydroxylation is 1. The number of methoxy groups -OCH3 is 1. The number of nitrogens with one attached hydrogen (secondary N) is 2. The summed E-state index contributed by atoms with van der Waals surface area (Å²) < 4.78 is 18.0. The Kier molecular flexibility index (Phi) is 5.96. The maximum atomic E-state index is 12.8. The molecular formula is C17H18ClFN2O2. The summed E-state index contributed by atoms with van der Waals surface area (Å²) in [6, 6.07) is 9.55. The molecule has 0 bridgehead atoms. The summed E-state index contributed by atoms with van der Waals surface area (Å²) in [5.74, 6) is 0.0244. The minimum atomic E-state index is -0.281. The lowest BCUT2D eigenvalue weighted by atomic mass is 10.2. The summed E-state index contributed by atoms with van der Waals surface area (Å²) in [5.41, 5.74) is 2.32. The van der Waals surface area contributed by atoms with Crippen LogP contribution in [0.3, 0.4) is 0 Å². The van der Waals surface area contributed by atoms with Crippen LogP contribution in [0.2, 0.25) is 5.02 Å². The molecule has 1 amide bonds. The normalized spacial score (nSPS) is 10.4. The van der Waals surface area contributed by atoms with Crippen molar-refractivity contribution in [2.24, 2.45) is 0 Å². The molecule has 0 saturated heterocycles. The van der Waals surface area contributed by atoms with E-state index in [4.69, 9.17) is 16.3 Å². The Morgan fingerprint density at radius 1 is 1.26 bits per heavy atom. The van der Waals surface area contributed by atoms with Crippen molar-refractivity contribution < 1.29 is 13.9 Å². The van der Waals surface area contributed by atoms with E-state index in [2.05, 4.69) is 10.6 Å². The summed E-state index contributed by atoms with van der Waals surface area (Å²) in [6.45, 7) is 2.46. The maximum Gasteiger partial charge on any atom is 0.238 e. The van der Waals surface area contributed by atoms with E-state index in [1.807, 2.05) is 6.92 Å². The molecular weight excluding hydrogens is 319 g/mol. The zero-order valence-electron chi connectivity index (χ0n) is 13.0. The van der Waals surface area contributed by atoms with Crippen molar-refractivity contribution in [1.82, 2.24) is 5.32 Å². The number of anilines is 1. The Labute approximate surface area is 139 Å². The van der Waals surface area contributed by atoms with E-state index in [9.17, 15) is 9.18 Å². The minimum absolute atomic E-state index is 0.127. The van der Waals surface area contributed by atoms with Crippen molar-refractivity contribution in [1.29, 1.82) is 0 Å². The Hall–Kier alpha value is -2.11. The van der Waals surface area contributed by atoms with Crippen LogP contribution in [0.25, 0.3) is 0 Å². The zero-order chi connectivity index (χ0) is 16.8. The Morgan fingerprint density at radius 2 is 1.96 bits per heavy atom. The molecule has 2 aromatic carbocycles. The second-order valence-corrected chi connectivity index (χ2v) is 5.49. The van der Waals surface area contributed by atoms with Gasteiger partial charge in [0.25, 0.3) is 0 Å². The fourth-order valence-electron chi connectivity index (χ4n) is 2.05. The molecule has 2 N–H and O–H groups in total. The largest absolute Gasteiger partial charge is 0.495 e. The van der Waals surface area contributed by atoms with E-state index in [0.717, 1.165) is 11.1 Å². The third-order valence-electron chi connectivity index (χ3n) is 3.28. The molecule has 6 heteroatoms. The number of carbonyl (C=O) groups excluding carboxylic acids is 1. The Bertz CT molecular complexity index is 690. The lowest BCUT2D eigenvalue weighted by molar-refractivity contribution is -0.115. The highest BCUT2D eigenvalue weighted by molar-refractivity contribution is 6.31. The molecule has 2 rings (SSSR count). The number of hydrogen-bond acceptors (Lipinski definition) is 3. The predicted octanol–water partition coefficient (Wildman–Crippen LogP) is 3.52. The molecule has 4 nitrogen and oxygen atoms in total. The molecule has 2 aromatic rings. The Balaban J connectivity index is 1.89. The van der Waals surface area contributed by atoms with Crippen LogP contribution in [-0.4, -0.2) is 19.6 Å². The molecule has 0 unspecified atom stereocenters. The second kappa shape index (κ2) is 7.94. The average molecular weight is 337 g/mol. The lowest BCUT2D eigenvalue weighted by Gasteiger charge is -2.12. The second-order valence-electron chi connectivity index (χ2n) is 5.08. The molecule has 23 heavy (non-hydrogen) atoms.